The molecule has 0 radical (unpaired) electrons. The van der Waals surface area contributed by atoms with E-state index in [2.05, 4.69) is 5.32 Å². The Bertz CT molecular complexity index is 770. The fourth-order valence-corrected chi connectivity index (χ4v) is 2.78. The Morgan fingerprint density at radius 3 is 2.37 bits per heavy atom. The van der Waals surface area contributed by atoms with Gasteiger partial charge in [-0.1, -0.05) is 23.7 Å². The summed E-state index contributed by atoms with van der Waals surface area (Å²) in [4.78, 5) is 28.8. The number of aryl methyl sites for hydroxylation is 1. The number of carbonyl (C=O) groups excluding carboxylic acids is 1. The van der Waals surface area contributed by atoms with Crippen LogP contribution in [0.15, 0.2) is 48.5 Å². The van der Waals surface area contributed by atoms with Crippen LogP contribution in [-0.2, 0) is 15.8 Å². The van der Waals surface area contributed by atoms with Gasteiger partial charge in [-0.3, -0.25) is 9.36 Å². The molecule has 138 valence electrons. The SMILES string of the molecule is O=C(CP(=O)(O)O)NCCCc1cccc(Oc2ccc(Cl)cc2)c1.[KH].[KH]. The van der Waals surface area contributed by atoms with Crippen molar-refractivity contribution in [3.63, 3.8) is 0 Å². The molecule has 2 aromatic rings. The third-order valence-corrected chi connectivity index (χ3v) is 4.21. The van der Waals surface area contributed by atoms with Gasteiger partial charge < -0.3 is 19.8 Å². The van der Waals surface area contributed by atoms with Gasteiger partial charge in [0.2, 0.25) is 5.91 Å². The molecular formula is C17H21ClK2NO5P. The summed E-state index contributed by atoms with van der Waals surface area (Å²) >= 11 is 5.84. The van der Waals surface area contributed by atoms with Crippen molar-refractivity contribution in [3.05, 3.63) is 59.1 Å². The number of hydrogen-bond acceptors (Lipinski definition) is 3. The van der Waals surface area contributed by atoms with Crippen LogP contribution in [0.1, 0.15) is 12.0 Å². The first-order chi connectivity index (χ1) is 11.8. The summed E-state index contributed by atoms with van der Waals surface area (Å²) in [5, 5.41) is 3.13. The molecule has 2 aromatic carbocycles. The molecule has 0 heterocycles. The van der Waals surface area contributed by atoms with Gasteiger partial charge in [0.25, 0.3) is 0 Å². The number of ether oxygens (including phenoxy) is 1. The summed E-state index contributed by atoms with van der Waals surface area (Å²) in [6.07, 6.45) is 0.572. The molecule has 6 nitrogen and oxygen atoms in total. The van der Waals surface area contributed by atoms with Crippen LogP contribution >= 0.6 is 19.2 Å². The minimum absolute atomic E-state index is 0. The van der Waals surface area contributed by atoms with Crippen LogP contribution in [0.25, 0.3) is 0 Å². The quantitative estimate of drug-likeness (QED) is 0.316. The zero-order chi connectivity index (χ0) is 18.3. The molecule has 0 fully saturated rings. The predicted octanol–water partition coefficient (Wildman–Crippen LogP) is 2.06. The molecule has 0 aliphatic rings. The topological polar surface area (TPSA) is 95.9 Å². The van der Waals surface area contributed by atoms with Gasteiger partial charge in [-0.25, -0.2) is 0 Å². The Balaban J connectivity index is 0.00000338. The molecule has 10 heteroatoms. The monoisotopic (exact) mass is 463 g/mol. The molecule has 3 N–H and O–H groups in total. The minimum atomic E-state index is -4.31. The second-order valence-corrected chi connectivity index (χ2v) is 7.56. The number of amides is 1. The van der Waals surface area contributed by atoms with Gasteiger partial charge in [-0.2, -0.15) is 0 Å². The Morgan fingerprint density at radius 2 is 1.74 bits per heavy atom. The zero-order valence-corrected chi connectivity index (χ0v) is 15.0. The van der Waals surface area contributed by atoms with Crippen LogP contribution in [0, 0.1) is 0 Å². The van der Waals surface area contributed by atoms with Crippen LogP contribution in [0.5, 0.6) is 11.5 Å². The van der Waals surface area contributed by atoms with Crippen LogP contribution in [0.3, 0.4) is 0 Å². The number of nitrogens with one attached hydrogen (secondary N) is 1. The van der Waals surface area contributed by atoms with Crippen molar-refractivity contribution >= 4 is 128 Å². The van der Waals surface area contributed by atoms with E-state index >= 15 is 0 Å². The average molecular weight is 464 g/mol. The van der Waals surface area contributed by atoms with Crippen molar-refractivity contribution in [2.24, 2.45) is 0 Å². The van der Waals surface area contributed by atoms with Crippen molar-refractivity contribution in [2.45, 2.75) is 12.8 Å². The summed E-state index contributed by atoms with van der Waals surface area (Å²) in [6, 6.07) is 14.7. The van der Waals surface area contributed by atoms with E-state index in [4.69, 9.17) is 26.1 Å². The maximum atomic E-state index is 11.3. The van der Waals surface area contributed by atoms with Crippen molar-refractivity contribution in [3.8, 4) is 11.5 Å². The Morgan fingerprint density at radius 1 is 1.07 bits per heavy atom. The third kappa shape index (κ3) is 12.7. The van der Waals surface area contributed by atoms with Crippen molar-refractivity contribution < 1.29 is 23.9 Å². The first-order valence-electron chi connectivity index (χ1n) is 7.65. The van der Waals surface area contributed by atoms with Gasteiger partial charge in [-0.15, -0.1) is 0 Å². The molecular weight excluding hydrogens is 443 g/mol. The Labute approximate surface area is 248 Å². The molecule has 0 aliphatic carbocycles. The Hall–Kier alpha value is 1.42. The second-order valence-electron chi connectivity index (χ2n) is 5.48. The second kappa shape index (κ2) is 14.4. The van der Waals surface area contributed by atoms with E-state index in [1.807, 2.05) is 24.3 Å². The first-order valence-corrected chi connectivity index (χ1v) is 9.83. The molecule has 0 saturated carbocycles. The zero-order valence-electron chi connectivity index (χ0n) is 13.4. The molecule has 0 aliphatic heterocycles. The first kappa shape index (κ1) is 28.4. The van der Waals surface area contributed by atoms with Crippen LogP contribution < -0.4 is 10.1 Å². The van der Waals surface area contributed by atoms with Crippen molar-refractivity contribution in [1.82, 2.24) is 5.32 Å². The number of rotatable bonds is 8. The van der Waals surface area contributed by atoms with Gasteiger partial charge in [0.05, 0.1) is 0 Å². The predicted molar refractivity (Wildman–Crippen MR) is 111 cm³/mol. The fraction of sp³-hybridized carbons (Fsp3) is 0.235. The maximum absolute atomic E-state index is 11.3. The van der Waals surface area contributed by atoms with Gasteiger partial charge in [0.15, 0.2) is 0 Å². The molecule has 0 unspecified atom stereocenters. The number of carbonyl (C=O) groups is 1. The summed E-state index contributed by atoms with van der Waals surface area (Å²) in [7, 11) is -4.31. The van der Waals surface area contributed by atoms with E-state index in [1.165, 1.54) is 0 Å². The Kier molecular flexibility index (Phi) is 15.2. The van der Waals surface area contributed by atoms with E-state index in [9.17, 15) is 9.36 Å². The van der Waals surface area contributed by atoms with Gasteiger partial charge in [0.1, 0.15) is 17.7 Å². The molecule has 0 aromatic heterocycles. The van der Waals surface area contributed by atoms with Gasteiger partial charge in [0, 0.05) is 11.6 Å². The number of halogens is 1. The summed E-state index contributed by atoms with van der Waals surface area (Å²) < 4.78 is 16.5. The summed E-state index contributed by atoms with van der Waals surface area (Å²) in [5.74, 6) is 0.741. The van der Waals surface area contributed by atoms with E-state index in [1.54, 1.807) is 24.3 Å². The molecule has 0 saturated heterocycles. The normalized spacial score (nSPS) is 10.3. The van der Waals surface area contributed by atoms with Gasteiger partial charge >= 0.3 is 110 Å². The molecule has 0 spiro atoms. The van der Waals surface area contributed by atoms with Crippen molar-refractivity contribution in [1.29, 1.82) is 0 Å². The molecule has 0 atom stereocenters. The average Bonchev–Trinajstić information content (AvgIpc) is 2.53. The molecule has 0 bridgehead atoms. The fourth-order valence-electron chi connectivity index (χ4n) is 2.17. The number of benzene rings is 2. The van der Waals surface area contributed by atoms with E-state index in [0.717, 1.165) is 5.56 Å². The van der Waals surface area contributed by atoms with Crippen LogP contribution in [0.2, 0.25) is 5.02 Å². The summed E-state index contributed by atoms with van der Waals surface area (Å²) in [5.41, 5.74) is 1.04. The standard InChI is InChI=1S/C17H19ClNO5P.2K.2H/c18-14-6-8-15(9-7-14)24-16-5-1-3-13(11-16)4-2-10-19-17(20)12-25(21,22)23;;;;/h1,3,5-9,11H,2,4,10,12H2,(H,19,20)(H2,21,22,23);;;;. The molecule has 1 amide bonds. The van der Waals surface area contributed by atoms with Crippen molar-refractivity contribution in [2.75, 3.05) is 12.7 Å². The van der Waals surface area contributed by atoms with E-state index in [-0.39, 0.29) is 103 Å². The number of hydrogen-bond donors (Lipinski definition) is 3. The summed E-state index contributed by atoms with van der Waals surface area (Å²) in [6.45, 7) is 0.348. The van der Waals surface area contributed by atoms with Gasteiger partial charge in [-0.05, 0) is 54.8 Å². The van der Waals surface area contributed by atoms with E-state index < -0.39 is 19.7 Å². The van der Waals surface area contributed by atoms with E-state index in [0.29, 0.717) is 35.9 Å². The molecule has 27 heavy (non-hydrogen) atoms. The third-order valence-electron chi connectivity index (χ3n) is 3.26. The molecule has 2 rings (SSSR count). The van der Waals surface area contributed by atoms with Crippen LogP contribution in [-0.4, -0.2) is 131 Å². The van der Waals surface area contributed by atoms with Crippen LogP contribution in [0.4, 0.5) is 0 Å².